The van der Waals surface area contributed by atoms with Gasteiger partial charge in [0.1, 0.15) is 0 Å². The summed E-state index contributed by atoms with van der Waals surface area (Å²) in [5.74, 6) is 0.275. The molecule has 1 amide bonds. The van der Waals surface area contributed by atoms with Crippen LogP contribution in [0.25, 0.3) is 0 Å². The lowest BCUT2D eigenvalue weighted by Crippen LogP contribution is -2.49. The summed E-state index contributed by atoms with van der Waals surface area (Å²) in [6.07, 6.45) is 2.02. The van der Waals surface area contributed by atoms with Gasteiger partial charge in [-0.05, 0) is 6.42 Å². The summed E-state index contributed by atoms with van der Waals surface area (Å²) in [5.41, 5.74) is 0. The molecule has 0 aromatic heterocycles. The summed E-state index contributed by atoms with van der Waals surface area (Å²) in [5, 5.41) is 0. The molecular formula is C9H16N2O2. The summed E-state index contributed by atoms with van der Waals surface area (Å²) in [4.78, 5) is 15.5. The molecule has 0 aliphatic carbocycles. The third-order valence-corrected chi connectivity index (χ3v) is 2.92. The van der Waals surface area contributed by atoms with Gasteiger partial charge in [0.15, 0.2) is 0 Å². The van der Waals surface area contributed by atoms with Gasteiger partial charge in [-0.15, -0.1) is 0 Å². The van der Waals surface area contributed by atoms with Gasteiger partial charge >= 0.3 is 0 Å². The monoisotopic (exact) mass is 184 g/mol. The number of amides is 1. The first kappa shape index (κ1) is 8.97. The lowest BCUT2D eigenvalue weighted by atomic mass is 10.3. The Labute approximate surface area is 78.4 Å². The molecule has 0 saturated carbocycles. The van der Waals surface area contributed by atoms with E-state index in [4.69, 9.17) is 4.74 Å². The number of morpholine rings is 1. The van der Waals surface area contributed by atoms with E-state index in [1.807, 2.05) is 11.9 Å². The summed E-state index contributed by atoms with van der Waals surface area (Å²) < 4.78 is 5.28. The summed E-state index contributed by atoms with van der Waals surface area (Å²) in [6.45, 7) is 3.53. The summed E-state index contributed by atoms with van der Waals surface area (Å²) >= 11 is 0. The van der Waals surface area contributed by atoms with Crippen LogP contribution in [-0.4, -0.2) is 55.2 Å². The Hall–Kier alpha value is -0.610. The van der Waals surface area contributed by atoms with Crippen molar-refractivity contribution in [2.75, 3.05) is 33.4 Å². The number of likely N-dealkylation sites (tertiary alicyclic amines) is 1. The molecule has 2 saturated heterocycles. The van der Waals surface area contributed by atoms with E-state index in [0.717, 1.165) is 32.7 Å². The molecule has 2 rings (SSSR count). The van der Waals surface area contributed by atoms with Gasteiger partial charge < -0.3 is 9.64 Å². The molecule has 0 radical (unpaired) electrons. The van der Waals surface area contributed by atoms with Gasteiger partial charge in [0, 0.05) is 26.6 Å². The molecule has 2 heterocycles. The number of carbonyl (C=O) groups excluding carboxylic acids is 1. The predicted octanol–water partition coefficient (Wildman–Crippen LogP) is -0.103. The van der Waals surface area contributed by atoms with Crippen molar-refractivity contribution < 1.29 is 9.53 Å². The van der Waals surface area contributed by atoms with Gasteiger partial charge in [-0.1, -0.05) is 0 Å². The first-order valence-corrected chi connectivity index (χ1v) is 4.86. The first-order chi connectivity index (χ1) is 6.29. The second kappa shape index (κ2) is 3.64. The van der Waals surface area contributed by atoms with Crippen molar-refractivity contribution in [3.8, 4) is 0 Å². The van der Waals surface area contributed by atoms with Gasteiger partial charge in [-0.3, -0.25) is 9.69 Å². The van der Waals surface area contributed by atoms with Gasteiger partial charge in [0.25, 0.3) is 0 Å². The number of hydrogen-bond donors (Lipinski definition) is 0. The first-order valence-electron chi connectivity index (χ1n) is 4.86. The molecular weight excluding hydrogens is 168 g/mol. The average Bonchev–Trinajstić information content (AvgIpc) is 2.49. The molecule has 2 aliphatic rings. The highest BCUT2D eigenvalue weighted by molar-refractivity contribution is 5.78. The Kier molecular flexibility index (Phi) is 2.51. The molecule has 74 valence electrons. The van der Waals surface area contributed by atoms with Crippen LogP contribution in [0.2, 0.25) is 0 Å². The van der Waals surface area contributed by atoms with Crippen LogP contribution in [0.4, 0.5) is 0 Å². The highest BCUT2D eigenvalue weighted by atomic mass is 16.5. The van der Waals surface area contributed by atoms with Crippen LogP contribution in [0.1, 0.15) is 12.8 Å². The van der Waals surface area contributed by atoms with Gasteiger partial charge in [-0.2, -0.15) is 0 Å². The number of hydrogen-bond acceptors (Lipinski definition) is 3. The molecule has 1 atom stereocenters. The van der Waals surface area contributed by atoms with Crippen LogP contribution in [0.15, 0.2) is 0 Å². The smallest absolute Gasteiger partial charge is 0.223 e. The van der Waals surface area contributed by atoms with E-state index in [2.05, 4.69) is 4.90 Å². The molecule has 2 aliphatic heterocycles. The van der Waals surface area contributed by atoms with Crippen molar-refractivity contribution in [3.05, 3.63) is 0 Å². The molecule has 0 N–H and O–H groups in total. The Balaban J connectivity index is 1.95. The van der Waals surface area contributed by atoms with E-state index in [1.165, 1.54) is 0 Å². The number of carbonyl (C=O) groups is 1. The van der Waals surface area contributed by atoms with Crippen LogP contribution in [0.5, 0.6) is 0 Å². The average molecular weight is 184 g/mol. The van der Waals surface area contributed by atoms with E-state index >= 15 is 0 Å². The fourth-order valence-corrected chi connectivity index (χ4v) is 2.09. The SMILES string of the molecule is CN1C(=O)CCC1N1CCOCC1. The van der Waals surface area contributed by atoms with Crippen molar-refractivity contribution in [2.45, 2.75) is 19.0 Å². The Morgan fingerprint density at radius 3 is 2.62 bits per heavy atom. The predicted molar refractivity (Wildman–Crippen MR) is 48.2 cm³/mol. The zero-order chi connectivity index (χ0) is 9.26. The summed E-state index contributed by atoms with van der Waals surface area (Å²) in [7, 11) is 1.90. The lowest BCUT2D eigenvalue weighted by molar-refractivity contribution is -0.130. The lowest BCUT2D eigenvalue weighted by Gasteiger charge is -2.35. The fraction of sp³-hybridized carbons (Fsp3) is 0.889. The van der Waals surface area contributed by atoms with E-state index in [0.29, 0.717) is 12.6 Å². The number of nitrogens with zero attached hydrogens (tertiary/aromatic N) is 2. The normalized spacial score (nSPS) is 31.3. The van der Waals surface area contributed by atoms with Crippen LogP contribution in [-0.2, 0) is 9.53 Å². The second-order valence-electron chi connectivity index (χ2n) is 3.67. The quantitative estimate of drug-likeness (QED) is 0.570. The highest BCUT2D eigenvalue weighted by Gasteiger charge is 2.32. The Morgan fingerprint density at radius 2 is 2.08 bits per heavy atom. The molecule has 0 aromatic rings. The summed E-state index contributed by atoms with van der Waals surface area (Å²) in [6, 6.07) is 0. The topological polar surface area (TPSA) is 32.8 Å². The Morgan fingerprint density at radius 1 is 1.38 bits per heavy atom. The standard InChI is InChI=1S/C9H16N2O2/c1-10-8(2-3-9(10)12)11-4-6-13-7-5-11/h8H,2-7H2,1H3. The van der Waals surface area contributed by atoms with Crippen LogP contribution in [0.3, 0.4) is 0 Å². The molecule has 0 aromatic carbocycles. The third kappa shape index (κ3) is 1.69. The maximum absolute atomic E-state index is 11.3. The van der Waals surface area contributed by atoms with Crippen LogP contribution >= 0.6 is 0 Å². The van der Waals surface area contributed by atoms with Crippen LogP contribution in [0, 0.1) is 0 Å². The zero-order valence-electron chi connectivity index (χ0n) is 8.03. The molecule has 2 fully saturated rings. The maximum Gasteiger partial charge on any atom is 0.223 e. The minimum Gasteiger partial charge on any atom is -0.379 e. The zero-order valence-corrected chi connectivity index (χ0v) is 8.03. The van der Waals surface area contributed by atoms with Crippen molar-refractivity contribution in [1.82, 2.24) is 9.80 Å². The molecule has 0 spiro atoms. The van der Waals surface area contributed by atoms with Crippen molar-refractivity contribution in [1.29, 1.82) is 0 Å². The minimum atomic E-state index is 0.275. The highest BCUT2D eigenvalue weighted by Crippen LogP contribution is 2.20. The molecule has 0 bridgehead atoms. The van der Waals surface area contributed by atoms with E-state index in [1.54, 1.807) is 0 Å². The van der Waals surface area contributed by atoms with Gasteiger partial charge in [0.2, 0.25) is 5.91 Å². The largest absolute Gasteiger partial charge is 0.379 e. The molecule has 13 heavy (non-hydrogen) atoms. The third-order valence-electron chi connectivity index (χ3n) is 2.92. The van der Waals surface area contributed by atoms with Crippen molar-refractivity contribution >= 4 is 5.91 Å². The molecule has 4 nitrogen and oxygen atoms in total. The minimum absolute atomic E-state index is 0.275. The van der Waals surface area contributed by atoms with Crippen molar-refractivity contribution in [2.24, 2.45) is 0 Å². The molecule has 1 unspecified atom stereocenters. The second-order valence-corrected chi connectivity index (χ2v) is 3.67. The fourth-order valence-electron chi connectivity index (χ4n) is 2.09. The van der Waals surface area contributed by atoms with E-state index in [9.17, 15) is 4.79 Å². The van der Waals surface area contributed by atoms with Gasteiger partial charge in [-0.25, -0.2) is 0 Å². The number of ether oxygens (including phenoxy) is 1. The van der Waals surface area contributed by atoms with E-state index in [-0.39, 0.29) is 5.91 Å². The Bertz CT molecular complexity index is 202. The number of rotatable bonds is 1. The van der Waals surface area contributed by atoms with E-state index < -0.39 is 0 Å². The maximum atomic E-state index is 11.3. The van der Waals surface area contributed by atoms with Crippen molar-refractivity contribution in [3.63, 3.8) is 0 Å². The van der Waals surface area contributed by atoms with Gasteiger partial charge in [0.05, 0.1) is 19.4 Å². The van der Waals surface area contributed by atoms with Crippen LogP contribution < -0.4 is 0 Å². The molecule has 4 heteroatoms.